The lowest BCUT2D eigenvalue weighted by Gasteiger charge is -2.16. The van der Waals surface area contributed by atoms with Crippen LogP contribution in [0.5, 0.6) is 0 Å². The summed E-state index contributed by atoms with van der Waals surface area (Å²) in [5.41, 5.74) is 8.14. The average Bonchev–Trinajstić information content (AvgIpc) is 2.43. The molecule has 3 nitrogen and oxygen atoms in total. The molecule has 2 rings (SSSR count). The molecule has 1 aliphatic carbocycles. The number of carbonyl (C=O) groups excluding carboxylic acids is 1. The maximum absolute atomic E-state index is 10.9. The predicted octanol–water partition coefficient (Wildman–Crippen LogP) is 1.17. The summed E-state index contributed by atoms with van der Waals surface area (Å²) in [5, 5.41) is 0. The molecule has 0 aromatic heterocycles. The molecule has 3 heteroatoms. The van der Waals surface area contributed by atoms with Gasteiger partial charge in [0.2, 0.25) is 0 Å². The first-order chi connectivity index (χ1) is 6.68. The quantitative estimate of drug-likeness (QED) is 0.678. The Bertz CT molecular complexity index is 362. The topological polar surface area (TPSA) is 52.3 Å². The normalized spacial score (nSPS) is 24.4. The molecule has 14 heavy (non-hydrogen) atoms. The van der Waals surface area contributed by atoms with Crippen molar-refractivity contribution in [2.24, 2.45) is 5.73 Å². The van der Waals surface area contributed by atoms with E-state index in [9.17, 15) is 4.79 Å². The Balaban J connectivity index is 2.30. The van der Waals surface area contributed by atoms with E-state index in [2.05, 4.69) is 0 Å². The molecule has 0 amide bonds. The SMILES string of the molecule is CC(=O)O[C@@H]1c2ccccc2C[C@@H]1N. The zero-order chi connectivity index (χ0) is 10.1. The van der Waals surface area contributed by atoms with Gasteiger partial charge in [-0.25, -0.2) is 0 Å². The molecule has 0 saturated carbocycles. The van der Waals surface area contributed by atoms with Crippen molar-refractivity contribution in [3.63, 3.8) is 0 Å². The van der Waals surface area contributed by atoms with Crippen molar-refractivity contribution in [3.8, 4) is 0 Å². The first-order valence-electron chi connectivity index (χ1n) is 4.69. The molecular formula is C11H13NO2. The number of carbonyl (C=O) groups is 1. The van der Waals surface area contributed by atoms with Crippen molar-refractivity contribution in [1.82, 2.24) is 0 Å². The maximum atomic E-state index is 10.9. The van der Waals surface area contributed by atoms with E-state index in [1.54, 1.807) is 0 Å². The van der Waals surface area contributed by atoms with E-state index in [1.165, 1.54) is 12.5 Å². The highest BCUT2D eigenvalue weighted by Gasteiger charge is 2.31. The van der Waals surface area contributed by atoms with Crippen molar-refractivity contribution in [2.75, 3.05) is 0 Å². The molecule has 1 aromatic carbocycles. The number of ether oxygens (including phenoxy) is 1. The molecule has 74 valence electrons. The van der Waals surface area contributed by atoms with Gasteiger partial charge < -0.3 is 10.5 Å². The zero-order valence-electron chi connectivity index (χ0n) is 8.07. The van der Waals surface area contributed by atoms with E-state index >= 15 is 0 Å². The summed E-state index contributed by atoms with van der Waals surface area (Å²) in [6.07, 6.45) is 0.525. The molecule has 0 spiro atoms. The van der Waals surface area contributed by atoms with Crippen LogP contribution in [0.2, 0.25) is 0 Å². The second kappa shape index (κ2) is 3.42. The molecule has 2 N–H and O–H groups in total. The minimum Gasteiger partial charge on any atom is -0.456 e. The smallest absolute Gasteiger partial charge is 0.303 e. The fourth-order valence-electron chi connectivity index (χ4n) is 1.92. The van der Waals surface area contributed by atoms with Gasteiger partial charge in [-0.05, 0) is 17.5 Å². The lowest BCUT2D eigenvalue weighted by Crippen LogP contribution is -2.27. The highest BCUT2D eigenvalue weighted by atomic mass is 16.5. The van der Waals surface area contributed by atoms with Crippen LogP contribution in [0, 0.1) is 0 Å². The highest BCUT2D eigenvalue weighted by Crippen LogP contribution is 2.32. The van der Waals surface area contributed by atoms with Crippen LogP contribution < -0.4 is 5.73 Å². The lowest BCUT2D eigenvalue weighted by atomic mass is 10.1. The van der Waals surface area contributed by atoms with Gasteiger partial charge in [-0.2, -0.15) is 0 Å². The summed E-state index contributed by atoms with van der Waals surface area (Å²) in [4.78, 5) is 10.9. The Kier molecular flexibility index (Phi) is 2.25. The van der Waals surface area contributed by atoms with Gasteiger partial charge in [0.05, 0.1) is 6.04 Å². The third kappa shape index (κ3) is 1.51. The molecule has 0 bridgehead atoms. The Morgan fingerprint density at radius 3 is 2.93 bits per heavy atom. The Morgan fingerprint density at radius 2 is 2.21 bits per heavy atom. The third-order valence-corrected chi connectivity index (χ3v) is 2.50. The van der Waals surface area contributed by atoms with Crippen molar-refractivity contribution in [3.05, 3.63) is 35.4 Å². The summed E-state index contributed by atoms with van der Waals surface area (Å²) >= 11 is 0. The Labute approximate surface area is 82.9 Å². The van der Waals surface area contributed by atoms with Crippen LogP contribution in [0.4, 0.5) is 0 Å². The molecule has 1 aromatic rings. The Morgan fingerprint density at radius 1 is 1.50 bits per heavy atom. The second-order valence-corrected chi connectivity index (χ2v) is 3.60. The van der Waals surface area contributed by atoms with Crippen LogP contribution in [-0.2, 0) is 16.0 Å². The standard InChI is InChI=1S/C11H13NO2/c1-7(13)14-11-9-5-3-2-4-8(9)6-10(11)12/h2-5,10-11H,6,12H2,1H3/t10-,11+/m0/s1. The number of benzene rings is 1. The maximum Gasteiger partial charge on any atom is 0.303 e. The first-order valence-corrected chi connectivity index (χ1v) is 4.69. The van der Waals surface area contributed by atoms with E-state index < -0.39 is 0 Å². The molecule has 1 aliphatic rings. The number of nitrogens with two attached hydrogens (primary N) is 1. The average molecular weight is 191 g/mol. The van der Waals surface area contributed by atoms with Gasteiger partial charge in [-0.3, -0.25) is 4.79 Å². The van der Waals surface area contributed by atoms with Gasteiger partial charge in [0.15, 0.2) is 0 Å². The summed E-state index contributed by atoms with van der Waals surface area (Å²) in [6.45, 7) is 1.41. The van der Waals surface area contributed by atoms with E-state index in [0.717, 1.165) is 12.0 Å². The van der Waals surface area contributed by atoms with Crippen LogP contribution in [0.25, 0.3) is 0 Å². The molecular weight excluding hydrogens is 178 g/mol. The molecule has 0 heterocycles. The molecule has 0 aliphatic heterocycles. The third-order valence-electron chi connectivity index (χ3n) is 2.50. The highest BCUT2D eigenvalue weighted by molar-refractivity contribution is 5.66. The van der Waals surface area contributed by atoms with Crippen molar-refractivity contribution in [2.45, 2.75) is 25.5 Å². The molecule has 0 fully saturated rings. The van der Waals surface area contributed by atoms with Crippen LogP contribution in [0.1, 0.15) is 24.2 Å². The summed E-state index contributed by atoms with van der Waals surface area (Å²) < 4.78 is 5.19. The van der Waals surface area contributed by atoms with Crippen LogP contribution >= 0.6 is 0 Å². The summed E-state index contributed by atoms with van der Waals surface area (Å²) in [6, 6.07) is 7.81. The van der Waals surface area contributed by atoms with Crippen molar-refractivity contribution < 1.29 is 9.53 Å². The van der Waals surface area contributed by atoms with Crippen LogP contribution in [0.15, 0.2) is 24.3 Å². The van der Waals surface area contributed by atoms with E-state index in [0.29, 0.717) is 0 Å². The largest absolute Gasteiger partial charge is 0.456 e. The van der Waals surface area contributed by atoms with E-state index in [1.807, 2.05) is 24.3 Å². The monoisotopic (exact) mass is 191 g/mol. The van der Waals surface area contributed by atoms with E-state index in [4.69, 9.17) is 10.5 Å². The number of fused-ring (bicyclic) bond motifs is 1. The second-order valence-electron chi connectivity index (χ2n) is 3.60. The van der Waals surface area contributed by atoms with Gasteiger partial charge >= 0.3 is 5.97 Å². The molecule has 0 saturated heterocycles. The van der Waals surface area contributed by atoms with Gasteiger partial charge in [0.25, 0.3) is 0 Å². The summed E-state index contributed by atoms with van der Waals surface area (Å²) in [5.74, 6) is -0.276. The van der Waals surface area contributed by atoms with Gasteiger partial charge in [0, 0.05) is 6.92 Å². The minimum atomic E-state index is -0.276. The fourth-order valence-corrected chi connectivity index (χ4v) is 1.92. The minimum absolute atomic E-state index is 0.101. The molecule has 0 radical (unpaired) electrons. The fraction of sp³-hybridized carbons (Fsp3) is 0.364. The van der Waals surface area contributed by atoms with Gasteiger partial charge in [-0.1, -0.05) is 24.3 Å². The number of esters is 1. The number of hydrogen-bond donors (Lipinski definition) is 1. The molecule has 2 atom stereocenters. The Hall–Kier alpha value is -1.35. The number of hydrogen-bond acceptors (Lipinski definition) is 3. The van der Waals surface area contributed by atoms with Crippen LogP contribution in [-0.4, -0.2) is 12.0 Å². The predicted molar refractivity (Wildman–Crippen MR) is 52.6 cm³/mol. The van der Waals surface area contributed by atoms with E-state index in [-0.39, 0.29) is 18.1 Å². The van der Waals surface area contributed by atoms with Crippen molar-refractivity contribution in [1.29, 1.82) is 0 Å². The van der Waals surface area contributed by atoms with Crippen LogP contribution in [0.3, 0.4) is 0 Å². The van der Waals surface area contributed by atoms with Gasteiger partial charge in [0.1, 0.15) is 6.10 Å². The summed E-state index contributed by atoms with van der Waals surface area (Å²) in [7, 11) is 0. The zero-order valence-corrected chi connectivity index (χ0v) is 8.07. The lowest BCUT2D eigenvalue weighted by molar-refractivity contribution is -0.147. The first kappa shape index (κ1) is 9.21. The van der Waals surface area contributed by atoms with Gasteiger partial charge in [-0.15, -0.1) is 0 Å². The number of rotatable bonds is 1. The van der Waals surface area contributed by atoms with Crippen molar-refractivity contribution >= 4 is 5.97 Å². The molecule has 0 unspecified atom stereocenters.